The van der Waals surface area contributed by atoms with E-state index in [-0.39, 0.29) is 17.8 Å². The minimum absolute atomic E-state index is 0.145. The molecule has 20 heteroatoms. The number of benzene rings is 2. The zero-order valence-corrected chi connectivity index (χ0v) is 45.0. The van der Waals surface area contributed by atoms with Crippen molar-refractivity contribution >= 4 is 40.1 Å². The second kappa shape index (κ2) is 21.5. The number of aliphatic imine (C=N–C) groups is 1. The van der Waals surface area contributed by atoms with Crippen LogP contribution in [-0.4, -0.2) is 125 Å². The van der Waals surface area contributed by atoms with Gasteiger partial charge in [-0.05, 0) is 91.7 Å². The molecule has 6 aliphatic rings. The summed E-state index contributed by atoms with van der Waals surface area (Å²) in [4.78, 5) is 23.8. The lowest BCUT2D eigenvalue weighted by Crippen LogP contribution is -2.72. The van der Waals surface area contributed by atoms with Crippen molar-refractivity contribution in [3.63, 3.8) is 0 Å². The average Bonchev–Trinajstić information content (AvgIpc) is 3.43. The van der Waals surface area contributed by atoms with Crippen LogP contribution in [0, 0.1) is 52.2 Å². The number of piperazine rings is 2. The van der Waals surface area contributed by atoms with E-state index in [4.69, 9.17) is 9.97 Å². The van der Waals surface area contributed by atoms with Gasteiger partial charge in [-0.3, -0.25) is 19.5 Å². The molecule has 0 saturated carbocycles. The highest BCUT2D eigenvalue weighted by atomic mass is 19.4. The van der Waals surface area contributed by atoms with Crippen molar-refractivity contribution < 1.29 is 22.9 Å². The number of allylic oxidation sites excluding steroid dienone is 1. The number of anilines is 2. The molecule has 6 saturated heterocycles. The topological polar surface area (TPSA) is 168 Å². The molecule has 7 aromatic heterocycles. The molecule has 410 valence electrons. The molecule has 0 radical (unpaired) electrons. The Morgan fingerprint density at radius 1 is 0.651 bits per heavy atom. The number of rotatable bonds is 11. The maximum atomic E-state index is 15.5. The third kappa shape index (κ3) is 10.2. The van der Waals surface area contributed by atoms with Crippen molar-refractivity contribution in [2.24, 2.45) is 12.0 Å². The largest absolute Gasteiger partial charge is 0.416 e. The first kappa shape index (κ1) is 52.4. The van der Waals surface area contributed by atoms with Crippen LogP contribution < -0.4 is 15.1 Å². The third-order valence-corrected chi connectivity index (χ3v) is 16.1. The number of hydrogen-bond acceptors (Lipinski definition) is 12. The second-order valence-corrected chi connectivity index (χ2v) is 21.2. The zero-order valence-electron chi connectivity index (χ0n) is 45.0. The maximum absolute atomic E-state index is 15.5. The van der Waals surface area contributed by atoms with Gasteiger partial charge in [0.05, 0.1) is 77.7 Å². The maximum Gasteiger partial charge on any atom is 0.416 e. The summed E-state index contributed by atoms with van der Waals surface area (Å²) in [6.07, 6.45) is 15.5. The minimum atomic E-state index is -4.38. The summed E-state index contributed by atoms with van der Waals surface area (Å²) in [7, 11) is 3.77. The summed E-state index contributed by atoms with van der Waals surface area (Å²) < 4.78 is 59.7. The Bertz CT molecular complexity index is 4250. The normalized spacial score (nSPS) is 18.7. The molecule has 4 unspecified atom stereocenters. The van der Waals surface area contributed by atoms with E-state index >= 15 is 4.39 Å². The van der Waals surface area contributed by atoms with Gasteiger partial charge in [0.15, 0.2) is 0 Å². The molecule has 4 atom stereocenters. The quantitative estimate of drug-likeness (QED) is 0.0758. The van der Waals surface area contributed by atoms with Crippen LogP contribution >= 0.6 is 0 Å². The Morgan fingerprint density at radius 2 is 1.22 bits per heavy atom. The Balaban J connectivity index is 0.657. The molecular formula is C63H51F4N16+. The molecular weight excluding hydrogens is 1060 g/mol. The lowest BCUT2D eigenvalue weighted by atomic mass is 9.87. The highest BCUT2D eigenvalue weighted by Crippen LogP contribution is 2.38. The van der Waals surface area contributed by atoms with Crippen molar-refractivity contribution in [2.45, 2.75) is 43.2 Å². The number of nitriles is 2. The number of quaternary nitrogens is 1. The smallest absolute Gasteiger partial charge is 0.353 e. The fourth-order valence-electron chi connectivity index (χ4n) is 11.9. The van der Waals surface area contributed by atoms with E-state index in [0.717, 1.165) is 107 Å². The SMILES string of the molecule is C[NH2+]C=C(C=Nc1cc(C#CCN2C3CC2CN(c2ccc(-c4cc(-c5cnn(C)c5)cn5ncc(C#N)c45)cn2)C3)ccc1F)c1cc(-c2ccc(N3CC4CC(C3)N4CC#Cc3ccc(C(F)(F)F)cc3)nc2)c2c(C#N)cnn2c1. The molecule has 0 aliphatic carbocycles. The summed E-state index contributed by atoms with van der Waals surface area (Å²) in [6, 6.07) is 27.5. The highest BCUT2D eigenvalue weighted by Gasteiger charge is 2.45. The molecule has 16 nitrogen and oxygen atoms in total. The van der Waals surface area contributed by atoms with Crippen LogP contribution in [0.25, 0.3) is 50.0 Å². The zero-order chi connectivity index (χ0) is 56.9. The van der Waals surface area contributed by atoms with E-state index in [9.17, 15) is 23.7 Å². The molecule has 6 fully saturated rings. The number of alkyl halides is 3. The summed E-state index contributed by atoms with van der Waals surface area (Å²) in [6.45, 7) is 4.24. The van der Waals surface area contributed by atoms with E-state index in [1.165, 1.54) is 24.4 Å². The number of nitrogens with zero attached hydrogens (tertiary/aromatic N) is 15. The van der Waals surface area contributed by atoms with Gasteiger partial charge in [-0.25, -0.2) is 23.4 Å². The van der Waals surface area contributed by atoms with Crippen LogP contribution in [0.3, 0.4) is 0 Å². The van der Waals surface area contributed by atoms with Crippen LogP contribution in [0.15, 0.2) is 140 Å². The van der Waals surface area contributed by atoms with Gasteiger partial charge in [-0.2, -0.15) is 39.0 Å². The number of nitrogens with two attached hydrogens (primary N) is 1. The molecule has 2 N–H and O–H groups in total. The van der Waals surface area contributed by atoms with Gasteiger partial charge in [-0.15, -0.1) is 0 Å². The van der Waals surface area contributed by atoms with Crippen LogP contribution in [0.5, 0.6) is 0 Å². The van der Waals surface area contributed by atoms with Crippen LogP contribution in [0.2, 0.25) is 0 Å². The molecule has 0 spiro atoms. The molecule has 0 amide bonds. The predicted octanol–water partition coefficient (Wildman–Crippen LogP) is 7.97. The van der Waals surface area contributed by atoms with Crippen molar-refractivity contribution in [1.82, 2.24) is 48.8 Å². The van der Waals surface area contributed by atoms with E-state index in [1.54, 1.807) is 50.7 Å². The lowest BCUT2D eigenvalue weighted by Gasteiger charge is -2.56. The van der Waals surface area contributed by atoms with Crippen LogP contribution in [-0.2, 0) is 13.2 Å². The first-order valence-corrected chi connectivity index (χ1v) is 27.1. The number of piperidine rings is 2. The summed E-state index contributed by atoms with van der Waals surface area (Å²) in [5, 5.41) is 35.3. The molecule has 2 aromatic carbocycles. The monoisotopic (exact) mass is 1110 g/mol. The third-order valence-electron chi connectivity index (χ3n) is 16.1. The molecule has 83 heavy (non-hydrogen) atoms. The molecule has 13 heterocycles. The van der Waals surface area contributed by atoms with Crippen LogP contribution in [0.4, 0.5) is 34.9 Å². The molecule has 6 aliphatic heterocycles. The first-order valence-electron chi connectivity index (χ1n) is 27.1. The Kier molecular flexibility index (Phi) is 13.6. The van der Waals surface area contributed by atoms with Crippen molar-refractivity contribution in [2.75, 3.05) is 56.1 Å². The van der Waals surface area contributed by atoms with E-state index in [1.807, 2.05) is 74.7 Å². The first-order chi connectivity index (χ1) is 40.4. The Labute approximate surface area is 474 Å². The number of hydrogen-bond donors (Lipinski definition) is 1. The number of aromatic nitrogens is 8. The van der Waals surface area contributed by atoms with Gasteiger partial charge in [0.25, 0.3) is 0 Å². The summed E-state index contributed by atoms with van der Waals surface area (Å²) in [5.74, 6) is 14.0. The number of fused-ring (bicyclic) bond motifs is 6. The molecule has 15 rings (SSSR count). The number of pyridine rings is 4. The molecule has 4 bridgehead atoms. The van der Waals surface area contributed by atoms with Crippen molar-refractivity contribution in [3.05, 3.63) is 174 Å². The van der Waals surface area contributed by atoms with E-state index < -0.39 is 17.6 Å². The lowest BCUT2D eigenvalue weighted by molar-refractivity contribution is -0.555. The van der Waals surface area contributed by atoms with Gasteiger partial charge in [0.1, 0.15) is 35.8 Å². The summed E-state index contributed by atoms with van der Waals surface area (Å²) in [5.41, 5.74) is 9.46. The predicted molar refractivity (Wildman–Crippen MR) is 306 cm³/mol. The standard InChI is InChI=1S/C63H50F4N16/c1-70-26-48(44-20-55(61-46(24-68)30-75-82(61)34-44)42-10-15-59(72-27-42)78-36-51-22-52(37-78)80(51)17-3-5-40-7-12-50(13-8-40)63(65,66)67)29-71-58-19-41(9-14-57(58)64)6-4-18-81-53-23-54(81)39-79(38-53)60-16-11-43(28-73-60)56-21-45(49-32-74-77(2)33-49)35-83-62(56)47(25-69)31-76-83/h7-16,19-21,26-35,51-54,70H,17-18,22-23,36-39H2,1-2H3/p+1. The Hall–Kier alpha value is -9.96. The van der Waals surface area contributed by atoms with Crippen molar-refractivity contribution in [1.29, 1.82) is 10.5 Å². The summed E-state index contributed by atoms with van der Waals surface area (Å²) >= 11 is 0. The second-order valence-electron chi connectivity index (χ2n) is 21.2. The van der Waals surface area contributed by atoms with Gasteiger partial charge >= 0.3 is 6.18 Å². The highest BCUT2D eigenvalue weighted by molar-refractivity contribution is 6.11. The van der Waals surface area contributed by atoms with Crippen molar-refractivity contribution in [3.8, 4) is 69.2 Å². The van der Waals surface area contributed by atoms with Gasteiger partial charge < -0.3 is 15.1 Å². The minimum Gasteiger partial charge on any atom is -0.353 e. The Morgan fingerprint density at radius 3 is 1.75 bits per heavy atom. The van der Waals surface area contributed by atoms with Gasteiger partial charge in [0, 0.05) is 145 Å². The average molecular weight is 1110 g/mol. The van der Waals surface area contributed by atoms with Gasteiger partial charge in [0.2, 0.25) is 0 Å². The fraction of sp³-hybridized carbons (Fsp3) is 0.238. The van der Waals surface area contributed by atoms with Gasteiger partial charge in [-0.1, -0.05) is 23.7 Å². The van der Waals surface area contributed by atoms with Crippen LogP contribution in [0.1, 0.15) is 46.2 Å². The van der Waals surface area contributed by atoms with E-state index in [0.29, 0.717) is 58.5 Å². The molecule has 9 aromatic rings. The number of aryl methyl sites for hydroxylation is 1. The fourth-order valence-corrected chi connectivity index (χ4v) is 11.9. The number of halogens is 4. The van der Waals surface area contributed by atoms with E-state index in [2.05, 4.69) is 87.8 Å².